The highest BCUT2D eigenvalue weighted by atomic mass is 16.5. The zero-order chi connectivity index (χ0) is 18.7. The molecule has 2 aliphatic heterocycles. The molecule has 2 aliphatic rings. The van der Waals surface area contributed by atoms with Crippen LogP contribution in [0.25, 0.3) is 0 Å². The van der Waals surface area contributed by atoms with E-state index in [1.165, 1.54) is 51.9 Å². The van der Waals surface area contributed by atoms with Gasteiger partial charge in [0.1, 0.15) is 0 Å². The van der Waals surface area contributed by atoms with Crippen LogP contribution in [-0.4, -0.2) is 84.3 Å². The SMILES string of the molecule is COCCN(C1CCN(C(C)(C)C)CC1)C1CCN(C(C)(C)C)CC1. The van der Waals surface area contributed by atoms with Gasteiger partial charge in [-0.1, -0.05) is 0 Å². The van der Waals surface area contributed by atoms with Crippen LogP contribution < -0.4 is 0 Å². The number of rotatable bonds is 5. The van der Waals surface area contributed by atoms with E-state index in [2.05, 4.69) is 56.2 Å². The third kappa shape index (κ3) is 5.92. The lowest BCUT2D eigenvalue weighted by molar-refractivity contribution is -0.00429. The van der Waals surface area contributed by atoms with Gasteiger partial charge in [-0.25, -0.2) is 0 Å². The predicted octanol–water partition coefficient (Wildman–Crippen LogP) is 3.46. The van der Waals surface area contributed by atoms with E-state index < -0.39 is 0 Å². The molecule has 0 radical (unpaired) electrons. The normalized spacial score (nSPS) is 23.5. The van der Waals surface area contributed by atoms with Gasteiger partial charge < -0.3 is 4.74 Å². The summed E-state index contributed by atoms with van der Waals surface area (Å²) < 4.78 is 5.44. The van der Waals surface area contributed by atoms with Crippen molar-refractivity contribution < 1.29 is 4.74 Å². The van der Waals surface area contributed by atoms with E-state index in [9.17, 15) is 0 Å². The Labute approximate surface area is 156 Å². The van der Waals surface area contributed by atoms with E-state index in [0.717, 1.165) is 25.2 Å². The van der Waals surface area contributed by atoms with Gasteiger partial charge in [0.25, 0.3) is 0 Å². The van der Waals surface area contributed by atoms with Crippen molar-refractivity contribution in [3.8, 4) is 0 Å². The van der Waals surface area contributed by atoms with Gasteiger partial charge in [0.05, 0.1) is 6.61 Å². The van der Waals surface area contributed by atoms with Gasteiger partial charge >= 0.3 is 0 Å². The van der Waals surface area contributed by atoms with Crippen LogP contribution in [0.3, 0.4) is 0 Å². The molecule has 0 bridgehead atoms. The summed E-state index contributed by atoms with van der Waals surface area (Å²) in [5.74, 6) is 0. The van der Waals surface area contributed by atoms with Gasteiger partial charge in [-0.3, -0.25) is 14.7 Å². The van der Waals surface area contributed by atoms with E-state index in [4.69, 9.17) is 4.74 Å². The summed E-state index contributed by atoms with van der Waals surface area (Å²) in [6.07, 6.45) is 5.22. The lowest BCUT2D eigenvalue weighted by Crippen LogP contribution is -2.56. The first-order valence-electron chi connectivity index (χ1n) is 10.4. The minimum absolute atomic E-state index is 0.306. The number of ether oxygens (including phenoxy) is 1. The van der Waals surface area contributed by atoms with Gasteiger partial charge in [-0.05, 0) is 67.2 Å². The van der Waals surface area contributed by atoms with Crippen molar-refractivity contribution in [2.75, 3.05) is 46.4 Å². The molecule has 0 spiro atoms. The maximum Gasteiger partial charge on any atom is 0.0589 e. The third-order valence-corrected chi connectivity index (χ3v) is 6.32. The van der Waals surface area contributed by atoms with Crippen molar-refractivity contribution >= 4 is 0 Å². The van der Waals surface area contributed by atoms with Gasteiger partial charge in [-0.2, -0.15) is 0 Å². The Hall–Kier alpha value is -0.160. The van der Waals surface area contributed by atoms with E-state index in [1.54, 1.807) is 0 Å². The molecule has 0 unspecified atom stereocenters. The highest BCUT2D eigenvalue weighted by Gasteiger charge is 2.35. The first kappa shape index (κ1) is 21.1. The molecule has 0 aromatic carbocycles. The summed E-state index contributed by atoms with van der Waals surface area (Å²) in [4.78, 5) is 8.11. The molecule has 0 atom stereocenters. The summed E-state index contributed by atoms with van der Waals surface area (Å²) in [5.41, 5.74) is 0.612. The summed E-state index contributed by atoms with van der Waals surface area (Å²) in [6, 6.07) is 1.47. The van der Waals surface area contributed by atoms with E-state index >= 15 is 0 Å². The second-order valence-corrected chi connectivity index (χ2v) is 10.0. The molecule has 0 aromatic rings. The minimum Gasteiger partial charge on any atom is -0.383 e. The number of hydrogen-bond donors (Lipinski definition) is 0. The van der Waals surface area contributed by atoms with Crippen LogP contribution in [0.5, 0.6) is 0 Å². The van der Waals surface area contributed by atoms with Crippen LogP contribution in [0.4, 0.5) is 0 Å². The average molecular weight is 354 g/mol. The maximum absolute atomic E-state index is 5.44. The molecule has 4 heteroatoms. The van der Waals surface area contributed by atoms with Crippen molar-refractivity contribution in [2.24, 2.45) is 0 Å². The van der Waals surface area contributed by atoms with Crippen LogP contribution in [0, 0.1) is 0 Å². The molecular formula is C21H43N3O. The Balaban J connectivity index is 1.94. The van der Waals surface area contributed by atoms with Crippen LogP contribution in [0.2, 0.25) is 0 Å². The predicted molar refractivity (Wildman–Crippen MR) is 107 cm³/mol. The van der Waals surface area contributed by atoms with Crippen molar-refractivity contribution in [2.45, 2.75) is 90.4 Å². The smallest absolute Gasteiger partial charge is 0.0589 e. The average Bonchev–Trinajstić information content (AvgIpc) is 2.54. The first-order valence-corrected chi connectivity index (χ1v) is 10.4. The molecular weight excluding hydrogens is 310 g/mol. The molecule has 148 valence electrons. The minimum atomic E-state index is 0.306. The van der Waals surface area contributed by atoms with Gasteiger partial charge in [0, 0.05) is 63.0 Å². The summed E-state index contributed by atoms with van der Waals surface area (Å²) in [7, 11) is 1.84. The Morgan fingerprint density at radius 2 is 1.12 bits per heavy atom. The molecule has 2 saturated heterocycles. The van der Waals surface area contributed by atoms with Crippen LogP contribution in [0.15, 0.2) is 0 Å². The first-order chi connectivity index (χ1) is 11.6. The quantitative estimate of drug-likeness (QED) is 0.753. The zero-order valence-electron chi connectivity index (χ0n) is 18.0. The maximum atomic E-state index is 5.44. The molecule has 0 saturated carbocycles. The van der Waals surface area contributed by atoms with Crippen LogP contribution in [0.1, 0.15) is 67.2 Å². The fourth-order valence-electron chi connectivity index (χ4n) is 4.60. The topological polar surface area (TPSA) is 19.0 Å². The molecule has 0 aliphatic carbocycles. The molecule has 4 nitrogen and oxygen atoms in total. The molecule has 2 fully saturated rings. The second kappa shape index (κ2) is 8.69. The van der Waals surface area contributed by atoms with Crippen molar-refractivity contribution in [1.82, 2.24) is 14.7 Å². The Morgan fingerprint density at radius 3 is 1.40 bits per heavy atom. The number of methoxy groups -OCH3 is 1. The Bertz CT molecular complexity index is 349. The largest absolute Gasteiger partial charge is 0.383 e. The van der Waals surface area contributed by atoms with E-state index in [1.807, 2.05) is 7.11 Å². The molecule has 0 amide bonds. The number of nitrogens with zero attached hydrogens (tertiary/aromatic N) is 3. The zero-order valence-corrected chi connectivity index (χ0v) is 18.0. The van der Waals surface area contributed by atoms with Crippen LogP contribution >= 0.6 is 0 Å². The van der Waals surface area contributed by atoms with Crippen molar-refractivity contribution in [3.05, 3.63) is 0 Å². The Kier molecular flexibility index (Phi) is 7.35. The second-order valence-electron chi connectivity index (χ2n) is 10.0. The van der Waals surface area contributed by atoms with E-state index in [0.29, 0.717) is 11.1 Å². The molecule has 0 N–H and O–H groups in total. The van der Waals surface area contributed by atoms with Gasteiger partial charge in [0.15, 0.2) is 0 Å². The number of likely N-dealkylation sites (tertiary alicyclic amines) is 2. The lowest BCUT2D eigenvalue weighted by atomic mass is 9.92. The van der Waals surface area contributed by atoms with Crippen molar-refractivity contribution in [3.63, 3.8) is 0 Å². The van der Waals surface area contributed by atoms with Crippen molar-refractivity contribution in [1.29, 1.82) is 0 Å². The molecule has 2 heterocycles. The number of piperidine rings is 2. The Morgan fingerprint density at radius 1 is 0.760 bits per heavy atom. The summed E-state index contributed by atoms with van der Waals surface area (Å²) in [6.45, 7) is 21.0. The molecule has 25 heavy (non-hydrogen) atoms. The summed E-state index contributed by atoms with van der Waals surface area (Å²) >= 11 is 0. The number of hydrogen-bond acceptors (Lipinski definition) is 4. The third-order valence-electron chi connectivity index (χ3n) is 6.32. The molecule has 2 rings (SSSR count). The summed E-state index contributed by atoms with van der Waals surface area (Å²) in [5, 5.41) is 0. The molecule has 0 aromatic heterocycles. The standard InChI is InChI=1S/C21H43N3O/c1-20(2,3)22-12-8-18(9-13-22)24(16-17-25-7)19-10-14-23(15-11-19)21(4,5)6/h18-19H,8-17H2,1-7H3. The van der Waals surface area contributed by atoms with Gasteiger partial charge in [-0.15, -0.1) is 0 Å². The lowest BCUT2D eigenvalue weighted by Gasteiger charge is -2.49. The fraction of sp³-hybridized carbons (Fsp3) is 1.00. The van der Waals surface area contributed by atoms with Crippen LogP contribution in [-0.2, 0) is 4.74 Å². The monoisotopic (exact) mass is 353 g/mol. The highest BCUT2D eigenvalue weighted by Crippen LogP contribution is 2.28. The van der Waals surface area contributed by atoms with E-state index in [-0.39, 0.29) is 0 Å². The fourth-order valence-corrected chi connectivity index (χ4v) is 4.60. The van der Waals surface area contributed by atoms with Gasteiger partial charge in [0.2, 0.25) is 0 Å². The highest BCUT2D eigenvalue weighted by molar-refractivity contribution is 4.91.